The number of rotatable bonds is 5. The van der Waals surface area contributed by atoms with Crippen LogP contribution in [0.4, 0.5) is 30.6 Å². The molecular weight excluding hydrogens is 513 g/mol. The highest BCUT2D eigenvalue weighted by Gasteiger charge is 2.36. The van der Waals surface area contributed by atoms with Gasteiger partial charge in [0.15, 0.2) is 11.5 Å². The molecule has 2 N–H and O–H groups in total. The Kier molecular flexibility index (Phi) is 6.09. The first kappa shape index (κ1) is 25.0. The number of amides is 1. The Balaban J connectivity index is 1.23. The number of fused-ring (bicyclic) bond motifs is 1. The highest BCUT2D eigenvalue weighted by atomic mass is 19.1. The van der Waals surface area contributed by atoms with Crippen LogP contribution in [0.25, 0.3) is 5.65 Å². The van der Waals surface area contributed by atoms with Crippen molar-refractivity contribution in [3.8, 4) is 0 Å². The molecule has 6 rings (SSSR count). The molecule has 13 heteroatoms. The summed E-state index contributed by atoms with van der Waals surface area (Å²) in [5.74, 6) is -0.662. The van der Waals surface area contributed by atoms with Gasteiger partial charge < -0.3 is 20.2 Å². The van der Waals surface area contributed by atoms with Gasteiger partial charge in [0.05, 0.1) is 36.8 Å². The van der Waals surface area contributed by atoms with E-state index >= 15 is 0 Å². The summed E-state index contributed by atoms with van der Waals surface area (Å²) in [6.07, 6.45) is 3.59. The third kappa shape index (κ3) is 4.85. The fraction of sp³-hybridized carbons (Fsp3) is 0.346. The minimum absolute atomic E-state index is 0.0166. The van der Waals surface area contributed by atoms with E-state index in [1.807, 2.05) is 4.90 Å². The van der Waals surface area contributed by atoms with Crippen LogP contribution < -0.4 is 15.1 Å². The maximum absolute atomic E-state index is 14.5. The van der Waals surface area contributed by atoms with Crippen LogP contribution in [-0.4, -0.2) is 67.0 Å². The van der Waals surface area contributed by atoms with Gasteiger partial charge in [-0.1, -0.05) is 0 Å². The molecule has 0 aliphatic carbocycles. The molecule has 2 aliphatic heterocycles. The lowest BCUT2D eigenvalue weighted by Crippen LogP contribution is -2.30. The number of nitrogens with one attached hydrogen (secondary N) is 1. The van der Waals surface area contributed by atoms with E-state index in [1.54, 1.807) is 24.0 Å². The van der Waals surface area contributed by atoms with E-state index in [1.165, 1.54) is 23.1 Å². The zero-order valence-electron chi connectivity index (χ0n) is 20.9. The van der Waals surface area contributed by atoms with E-state index in [4.69, 9.17) is 0 Å². The highest BCUT2D eigenvalue weighted by Crippen LogP contribution is 2.38. The number of alkyl halides is 1. The fourth-order valence-corrected chi connectivity index (χ4v) is 5.13. The molecule has 2 aliphatic rings. The van der Waals surface area contributed by atoms with Gasteiger partial charge in [-0.05, 0) is 43.7 Å². The molecule has 5 heterocycles. The minimum Gasteiger partial charge on any atom is -0.388 e. The highest BCUT2D eigenvalue weighted by molar-refractivity contribution is 6.02. The molecular formula is C26H25F3N8O2. The van der Waals surface area contributed by atoms with Gasteiger partial charge in [-0.25, -0.2) is 28.1 Å². The number of carbonyl (C=O) groups is 1. The summed E-state index contributed by atoms with van der Waals surface area (Å²) in [6.45, 7) is 2.77. The molecule has 0 radical (unpaired) electrons. The Labute approximate surface area is 221 Å². The van der Waals surface area contributed by atoms with Gasteiger partial charge in [0.1, 0.15) is 35.1 Å². The number of aromatic nitrogens is 5. The lowest BCUT2D eigenvalue weighted by Gasteiger charge is -2.26. The lowest BCUT2D eigenvalue weighted by atomic mass is 10.0. The normalized spacial score (nSPS) is 23.1. The van der Waals surface area contributed by atoms with Gasteiger partial charge in [-0.3, -0.25) is 4.79 Å². The molecule has 3 aromatic heterocycles. The van der Waals surface area contributed by atoms with Gasteiger partial charge in [-0.2, -0.15) is 4.52 Å². The first-order valence-electron chi connectivity index (χ1n) is 12.5. The van der Waals surface area contributed by atoms with Crippen molar-refractivity contribution in [2.45, 2.75) is 37.6 Å². The Morgan fingerprint density at radius 1 is 1.10 bits per heavy atom. The van der Waals surface area contributed by atoms with Crippen molar-refractivity contribution in [3.63, 3.8) is 0 Å². The van der Waals surface area contributed by atoms with Crippen LogP contribution in [0.5, 0.6) is 0 Å². The number of halogens is 3. The summed E-state index contributed by atoms with van der Waals surface area (Å²) < 4.78 is 44.3. The average Bonchev–Trinajstić information content (AvgIpc) is 3.61. The van der Waals surface area contributed by atoms with E-state index in [0.29, 0.717) is 36.8 Å². The number of hydrogen-bond acceptors (Lipinski definition) is 8. The largest absolute Gasteiger partial charge is 0.388 e. The SMILES string of the molecule is CC1(O)CCN(c2cnc(C(=O)Nc3cnc4ccc(N5C[C@@H](F)C[C@@H]5c5cc(F)ccc5F)nn34)cn2)C1. The van der Waals surface area contributed by atoms with E-state index in [2.05, 4.69) is 25.4 Å². The van der Waals surface area contributed by atoms with Crippen molar-refractivity contribution >= 4 is 29.0 Å². The maximum atomic E-state index is 14.5. The predicted molar refractivity (Wildman–Crippen MR) is 136 cm³/mol. The molecule has 4 aromatic rings. The molecule has 1 unspecified atom stereocenters. The molecule has 2 saturated heterocycles. The smallest absolute Gasteiger partial charge is 0.277 e. The molecule has 202 valence electrons. The predicted octanol–water partition coefficient (Wildman–Crippen LogP) is 3.30. The summed E-state index contributed by atoms with van der Waals surface area (Å²) in [6, 6.07) is 5.63. The standard InChI is InChI=1S/C26H25F3N8O2/c1-26(39)6-7-35(14-26)23-11-30-19(10-31-23)25(38)33-24-12-32-21-4-5-22(34-37(21)24)36-13-16(28)9-20(36)17-8-15(27)2-3-18(17)29/h2-5,8,10-12,16,20,39H,6-7,9,13-14H2,1H3,(H,33,38)/t16-,20+,26?/m0/s1. The third-order valence-corrected chi connectivity index (χ3v) is 7.10. The van der Waals surface area contributed by atoms with E-state index in [9.17, 15) is 23.1 Å². The van der Waals surface area contributed by atoms with Gasteiger partial charge in [-0.15, -0.1) is 5.10 Å². The van der Waals surface area contributed by atoms with Crippen molar-refractivity contribution in [1.29, 1.82) is 0 Å². The summed E-state index contributed by atoms with van der Waals surface area (Å²) >= 11 is 0. The van der Waals surface area contributed by atoms with Gasteiger partial charge >= 0.3 is 0 Å². The second-order valence-electron chi connectivity index (χ2n) is 10.2. The maximum Gasteiger partial charge on any atom is 0.277 e. The van der Waals surface area contributed by atoms with E-state index in [-0.39, 0.29) is 30.0 Å². The topological polar surface area (TPSA) is 112 Å². The summed E-state index contributed by atoms with van der Waals surface area (Å²) in [7, 11) is 0. The number of hydrogen-bond donors (Lipinski definition) is 2. The van der Waals surface area contributed by atoms with Crippen molar-refractivity contribution < 1.29 is 23.1 Å². The Morgan fingerprint density at radius 3 is 2.69 bits per heavy atom. The number of β-amino-alcohol motifs (C(OH)–C–C–N with tert-alkyl or cyclic N) is 1. The second-order valence-corrected chi connectivity index (χ2v) is 10.2. The number of carbonyl (C=O) groups excluding carboxylic acids is 1. The molecule has 0 spiro atoms. The van der Waals surface area contributed by atoms with Crippen LogP contribution in [0.15, 0.2) is 48.9 Å². The zero-order valence-corrected chi connectivity index (χ0v) is 20.9. The fourth-order valence-electron chi connectivity index (χ4n) is 5.13. The monoisotopic (exact) mass is 538 g/mol. The second kappa shape index (κ2) is 9.49. The van der Waals surface area contributed by atoms with Crippen molar-refractivity contribution in [1.82, 2.24) is 24.6 Å². The zero-order chi connectivity index (χ0) is 27.3. The Morgan fingerprint density at radius 2 is 1.95 bits per heavy atom. The molecule has 39 heavy (non-hydrogen) atoms. The number of nitrogens with zero attached hydrogens (tertiary/aromatic N) is 7. The van der Waals surface area contributed by atoms with Gasteiger partial charge in [0.2, 0.25) is 0 Å². The average molecular weight is 539 g/mol. The Bertz CT molecular complexity index is 1540. The van der Waals surface area contributed by atoms with Crippen molar-refractivity contribution in [3.05, 3.63) is 71.8 Å². The molecule has 0 saturated carbocycles. The van der Waals surface area contributed by atoms with Crippen LogP contribution in [-0.2, 0) is 0 Å². The van der Waals surface area contributed by atoms with E-state index < -0.39 is 35.4 Å². The van der Waals surface area contributed by atoms with Crippen molar-refractivity contribution in [2.24, 2.45) is 0 Å². The van der Waals surface area contributed by atoms with Crippen LogP contribution in [0.2, 0.25) is 0 Å². The quantitative estimate of drug-likeness (QED) is 0.398. The van der Waals surface area contributed by atoms with Crippen LogP contribution in [0.1, 0.15) is 41.9 Å². The summed E-state index contributed by atoms with van der Waals surface area (Å²) in [5.41, 5.74) is -0.257. The van der Waals surface area contributed by atoms with Crippen LogP contribution in [0, 0.1) is 11.6 Å². The van der Waals surface area contributed by atoms with Crippen LogP contribution in [0.3, 0.4) is 0 Å². The van der Waals surface area contributed by atoms with E-state index in [0.717, 1.165) is 18.2 Å². The number of aliphatic hydroxyl groups is 1. The molecule has 1 aromatic carbocycles. The Hall–Kier alpha value is -4.26. The number of benzene rings is 1. The lowest BCUT2D eigenvalue weighted by molar-refractivity contribution is 0.0838. The van der Waals surface area contributed by atoms with Crippen molar-refractivity contribution in [2.75, 3.05) is 34.8 Å². The first-order chi connectivity index (χ1) is 18.7. The molecule has 1 amide bonds. The molecule has 10 nitrogen and oxygen atoms in total. The summed E-state index contributed by atoms with van der Waals surface area (Å²) in [5, 5.41) is 17.4. The number of anilines is 3. The van der Waals surface area contributed by atoms with Gasteiger partial charge in [0, 0.05) is 25.1 Å². The van der Waals surface area contributed by atoms with Gasteiger partial charge in [0.25, 0.3) is 5.91 Å². The first-order valence-corrected chi connectivity index (χ1v) is 12.5. The minimum atomic E-state index is -1.26. The molecule has 0 bridgehead atoms. The number of imidazole rings is 1. The molecule has 3 atom stereocenters. The molecule has 2 fully saturated rings. The third-order valence-electron chi connectivity index (χ3n) is 7.10. The van der Waals surface area contributed by atoms with Crippen LogP contribution >= 0.6 is 0 Å². The summed E-state index contributed by atoms with van der Waals surface area (Å²) in [4.78, 5) is 29.2.